The lowest BCUT2D eigenvalue weighted by molar-refractivity contribution is -0.138. The Morgan fingerprint density at radius 3 is 2.74 bits per heavy atom. The van der Waals surface area contributed by atoms with Crippen molar-refractivity contribution in [1.82, 2.24) is 4.90 Å². The molecule has 0 aliphatic carbocycles. The number of piperidine rings is 1. The van der Waals surface area contributed by atoms with Crippen LogP contribution in [0.3, 0.4) is 0 Å². The van der Waals surface area contributed by atoms with E-state index < -0.39 is 5.60 Å². The van der Waals surface area contributed by atoms with Gasteiger partial charge in [0.2, 0.25) is 5.91 Å². The van der Waals surface area contributed by atoms with Gasteiger partial charge < -0.3 is 10.0 Å². The third-order valence-corrected chi connectivity index (χ3v) is 4.19. The highest BCUT2D eigenvalue weighted by Crippen LogP contribution is 2.30. The summed E-state index contributed by atoms with van der Waals surface area (Å²) in [5.74, 6) is 0.299. The van der Waals surface area contributed by atoms with Gasteiger partial charge in [-0.1, -0.05) is 37.3 Å². The van der Waals surface area contributed by atoms with E-state index in [0.717, 1.165) is 6.42 Å². The molecular formula is C16H23NO2. The first kappa shape index (κ1) is 14.1. The first-order chi connectivity index (χ1) is 9.03. The van der Waals surface area contributed by atoms with E-state index in [9.17, 15) is 9.90 Å². The van der Waals surface area contributed by atoms with Gasteiger partial charge in [0.15, 0.2) is 0 Å². The van der Waals surface area contributed by atoms with Crippen molar-refractivity contribution in [3.63, 3.8) is 0 Å². The summed E-state index contributed by atoms with van der Waals surface area (Å²) in [6, 6.07) is 10.2. The molecule has 1 aliphatic heterocycles. The molecule has 0 saturated carbocycles. The highest BCUT2D eigenvalue weighted by molar-refractivity contribution is 5.75. The maximum atomic E-state index is 11.8. The van der Waals surface area contributed by atoms with Crippen LogP contribution in [0.25, 0.3) is 0 Å². The molecule has 2 atom stereocenters. The monoisotopic (exact) mass is 261 g/mol. The molecule has 1 fully saturated rings. The van der Waals surface area contributed by atoms with Crippen LogP contribution in [0.4, 0.5) is 0 Å². The Labute approximate surface area is 115 Å². The number of hydrogen-bond acceptors (Lipinski definition) is 2. The minimum absolute atomic E-state index is 0.110. The molecule has 0 spiro atoms. The normalized spacial score (nSPS) is 27.3. The maximum absolute atomic E-state index is 11.8. The Morgan fingerprint density at radius 1 is 1.42 bits per heavy atom. The average Bonchev–Trinajstić information content (AvgIpc) is 2.41. The second-order valence-corrected chi connectivity index (χ2v) is 5.69. The minimum Gasteiger partial charge on any atom is -0.390 e. The topological polar surface area (TPSA) is 40.5 Å². The molecule has 0 radical (unpaired) electrons. The molecule has 0 aromatic heterocycles. The zero-order valence-electron chi connectivity index (χ0n) is 11.8. The van der Waals surface area contributed by atoms with Gasteiger partial charge in [0.1, 0.15) is 0 Å². The SMILES string of the molecule is CCC(=O)N1CC[C@@](C)(O)[C@@H](Cc2ccccc2)C1. The summed E-state index contributed by atoms with van der Waals surface area (Å²) < 4.78 is 0. The van der Waals surface area contributed by atoms with Crippen molar-refractivity contribution in [2.24, 2.45) is 5.92 Å². The molecule has 1 aromatic carbocycles. The number of hydrogen-bond donors (Lipinski definition) is 1. The molecule has 0 bridgehead atoms. The highest BCUT2D eigenvalue weighted by atomic mass is 16.3. The summed E-state index contributed by atoms with van der Waals surface area (Å²) in [6.45, 7) is 5.12. The van der Waals surface area contributed by atoms with Crippen LogP contribution in [0.5, 0.6) is 0 Å². The standard InChI is InChI=1S/C16H23NO2/c1-3-15(18)17-10-9-16(2,19)14(12-17)11-13-7-5-4-6-8-13/h4-8,14,19H,3,9-12H2,1-2H3/t14-,16+/m0/s1. The van der Waals surface area contributed by atoms with E-state index in [1.807, 2.05) is 36.9 Å². The van der Waals surface area contributed by atoms with E-state index in [1.165, 1.54) is 5.56 Å². The fourth-order valence-corrected chi connectivity index (χ4v) is 2.75. The lowest BCUT2D eigenvalue weighted by Gasteiger charge is -2.43. The second-order valence-electron chi connectivity index (χ2n) is 5.69. The molecule has 1 N–H and O–H groups in total. The van der Waals surface area contributed by atoms with Crippen molar-refractivity contribution >= 4 is 5.91 Å². The lowest BCUT2D eigenvalue weighted by Crippen LogP contribution is -2.52. The van der Waals surface area contributed by atoms with Crippen molar-refractivity contribution in [3.05, 3.63) is 35.9 Å². The third-order valence-electron chi connectivity index (χ3n) is 4.19. The van der Waals surface area contributed by atoms with E-state index in [-0.39, 0.29) is 11.8 Å². The predicted octanol–water partition coefficient (Wildman–Crippen LogP) is 2.24. The zero-order valence-corrected chi connectivity index (χ0v) is 11.8. The molecule has 0 unspecified atom stereocenters. The van der Waals surface area contributed by atoms with E-state index in [2.05, 4.69) is 12.1 Å². The van der Waals surface area contributed by atoms with Gasteiger partial charge >= 0.3 is 0 Å². The number of carbonyl (C=O) groups is 1. The molecule has 104 valence electrons. The van der Waals surface area contributed by atoms with Crippen LogP contribution < -0.4 is 0 Å². The summed E-state index contributed by atoms with van der Waals surface area (Å²) in [5, 5.41) is 10.5. The van der Waals surface area contributed by atoms with Crippen molar-refractivity contribution in [3.8, 4) is 0 Å². The largest absolute Gasteiger partial charge is 0.390 e. The predicted molar refractivity (Wildman–Crippen MR) is 75.7 cm³/mol. The van der Waals surface area contributed by atoms with Crippen LogP contribution in [-0.2, 0) is 11.2 Å². The molecule has 1 amide bonds. The lowest BCUT2D eigenvalue weighted by atomic mass is 9.79. The summed E-state index contributed by atoms with van der Waals surface area (Å²) in [6.07, 6.45) is 2.03. The van der Waals surface area contributed by atoms with E-state index in [1.54, 1.807) is 0 Å². The fraction of sp³-hybridized carbons (Fsp3) is 0.562. The van der Waals surface area contributed by atoms with Crippen molar-refractivity contribution < 1.29 is 9.90 Å². The van der Waals surface area contributed by atoms with Crippen LogP contribution >= 0.6 is 0 Å². The molecule has 1 saturated heterocycles. The Morgan fingerprint density at radius 2 is 2.11 bits per heavy atom. The van der Waals surface area contributed by atoms with Crippen LogP contribution in [0.2, 0.25) is 0 Å². The van der Waals surface area contributed by atoms with Crippen molar-refractivity contribution in [1.29, 1.82) is 0 Å². The van der Waals surface area contributed by atoms with Gasteiger partial charge in [0.25, 0.3) is 0 Å². The number of benzene rings is 1. The van der Waals surface area contributed by atoms with Crippen LogP contribution in [0, 0.1) is 5.92 Å². The maximum Gasteiger partial charge on any atom is 0.222 e. The number of aliphatic hydroxyl groups is 1. The highest BCUT2D eigenvalue weighted by Gasteiger charge is 2.38. The van der Waals surface area contributed by atoms with Gasteiger partial charge in [0, 0.05) is 25.4 Å². The number of rotatable bonds is 3. The average molecular weight is 261 g/mol. The molecule has 1 heterocycles. The first-order valence-corrected chi connectivity index (χ1v) is 7.07. The number of nitrogens with zero attached hydrogens (tertiary/aromatic N) is 1. The van der Waals surface area contributed by atoms with Crippen LogP contribution in [-0.4, -0.2) is 34.6 Å². The Hall–Kier alpha value is -1.35. The van der Waals surface area contributed by atoms with Crippen molar-refractivity contribution in [2.75, 3.05) is 13.1 Å². The summed E-state index contributed by atoms with van der Waals surface area (Å²) in [5.41, 5.74) is 0.541. The summed E-state index contributed by atoms with van der Waals surface area (Å²) >= 11 is 0. The molecular weight excluding hydrogens is 238 g/mol. The number of carbonyl (C=O) groups excluding carboxylic acids is 1. The molecule has 2 rings (SSSR count). The van der Waals surface area contributed by atoms with Gasteiger partial charge in [-0.15, -0.1) is 0 Å². The minimum atomic E-state index is -0.680. The fourth-order valence-electron chi connectivity index (χ4n) is 2.75. The molecule has 3 nitrogen and oxygen atoms in total. The number of likely N-dealkylation sites (tertiary alicyclic amines) is 1. The Bertz CT molecular complexity index is 428. The van der Waals surface area contributed by atoms with Crippen LogP contribution in [0.15, 0.2) is 30.3 Å². The number of amides is 1. The van der Waals surface area contributed by atoms with Gasteiger partial charge in [-0.05, 0) is 25.3 Å². The zero-order chi connectivity index (χ0) is 13.9. The van der Waals surface area contributed by atoms with E-state index >= 15 is 0 Å². The smallest absolute Gasteiger partial charge is 0.222 e. The Kier molecular flexibility index (Phi) is 4.25. The third kappa shape index (κ3) is 3.35. The quantitative estimate of drug-likeness (QED) is 0.906. The van der Waals surface area contributed by atoms with Gasteiger partial charge in [-0.3, -0.25) is 4.79 Å². The summed E-state index contributed by atoms with van der Waals surface area (Å²) in [7, 11) is 0. The first-order valence-electron chi connectivity index (χ1n) is 7.07. The van der Waals surface area contributed by atoms with E-state index in [4.69, 9.17) is 0 Å². The summed E-state index contributed by atoms with van der Waals surface area (Å²) in [4.78, 5) is 13.7. The Balaban J connectivity index is 2.09. The molecule has 1 aromatic rings. The van der Waals surface area contributed by atoms with Crippen LogP contribution in [0.1, 0.15) is 32.3 Å². The second kappa shape index (κ2) is 5.74. The van der Waals surface area contributed by atoms with Gasteiger partial charge in [-0.2, -0.15) is 0 Å². The molecule has 19 heavy (non-hydrogen) atoms. The van der Waals surface area contributed by atoms with Crippen molar-refractivity contribution in [2.45, 2.75) is 38.7 Å². The molecule has 3 heteroatoms. The van der Waals surface area contributed by atoms with E-state index in [0.29, 0.717) is 25.9 Å². The van der Waals surface area contributed by atoms with Gasteiger partial charge in [-0.25, -0.2) is 0 Å². The molecule has 1 aliphatic rings. The van der Waals surface area contributed by atoms with Gasteiger partial charge in [0.05, 0.1) is 5.60 Å².